The molecule has 0 saturated heterocycles. The lowest BCUT2D eigenvalue weighted by Gasteiger charge is -2.23. The number of ether oxygens (including phenoxy) is 3. The summed E-state index contributed by atoms with van der Waals surface area (Å²) in [6.45, 7) is -0.0710. The maximum absolute atomic E-state index is 12.8. The monoisotopic (exact) mass is 460 g/mol. The number of hydrogen-bond donors (Lipinski definition) is 2. The van der Waals surface area contributed by atoms with E-state index in [1.807, 2.05) is 0 Å². The van der Waals surface area contributed by atoms with Crippen LogP contribution >= 0.6 is 23.6 Å². The Kier molecular flexibility index (Phi) is 7.21. The van der Waals surface area contributed by atoms with Crippen LogP contribution in [0.2, 0.25) is 0 Å². The molecule has 9 nitrogen and oxygen atoms in total. The minimum Gasteiger partial charge on any atom is -0.497 e. The highest BCUT2D eigenvalue weighted by atomic mass is 32.1. The number of anilines is 3. The number of carbonyl (C=O) groups excluding carboxylic acids is 2. The third-order valence-electron chi connectivity index (χ3n) is 4.23. The summed E-state index contributed by atoms with van der Waals surface area (Å²) in [5.41, 5.74) is 1.51. The van der Waals surface area contributed by atoms with Gasteiger partial charge in [-0.25, -0.2) is 4.79 Å². The van der Waals surface area contributed by atoms with Gasteiger partial charge in [0.05, 0.1) is 32.6 Å². The van der Waals surface area contributed by atoms with E-state index in [0.29, 0.717) is 37.5 Å². The molecular weight excluding hydrogens is 440 g/mol. The van der Waals surface area contributed by atoms with E-state index in [4.69, 9.17) is 21.7 Å². The fourth-order valence-electron chi connectivity index (χ4n) is 2.75. The van der Waals surface area contributed by atoms with Gasteiger partial charge in [-0.2, -0.15) is 0 Å². The quantitative estimate of drug-likeness (QED) is 0.386. The Morgan fingerprint density at radius 3 is 2.45 bits per heavy atom. The van der Waals surface area contributed by atoms with Gasteiger partial charge in [-0.05, 0) is 48.6 Å². The molecule has 0 aliphatic rings. The molecule has 0 aliphatic heterocycles. The summed E-state index contributed by atoms with van der Waals surface area (Å²) >= 11 is 6.38. The number of esters is 1. The van der Waals surface area contributed by atoms with Gasteiger partial charge in [0.1, 0.15) is 18.0 Å². The summed E-state index contributed by atoms with van der Waals surface area (Å²) in [7, 11) is 4.40. The number of H-pyrrole nitrogens is 1. The highest BCUT2D eigenvalue weighted by molar-refractivity contribution is 7.73. The van der Waals surface area contributed by atoms with Crippen molar-refractivity contribution in [2.75, 3.05) is 38.1 Å². The molecule has 0 spiro atoms. The molecule has 2 aromatic carbocycles. The van der Waals surface area contributed by atoms with Crippen LogP contribution in [0.3, 0.4) is 0 Å². The van der Waals surface area contributed by atoms with Gasteiger partial charge >= 0.3 is 5.97 Å². The Labute approximate surface area is 187 Å². The largest absolute Gasteiger partial charge is 0.497 e. The van der Waals surface area contributed by atoms with Crippen molar-refractivity contribution < 1.29 is 23.8 Å². The average Bonchev–Trinajstić information content (AvgIpc) is 3.22. The maximum Gasteiger partial charge on any atom is 0.337 e. The van der Waals surface area contributed by atoms with Crippen LogP contribution in [0.25, 0.3) is 0 Å². The molecule has 11 heteroatoms. The zero-order valence-electron chi connectivity index (χ0n) is 17.0. The first kappa shape index (κ1) is 22.2. The van der Waals surface area contributed by atoms with Crippen LogP contribution in [0.4, 0.5) is 16.5 Å². The van der Waals surface area contributed by atoms with E-state index in [0.717, 1.165) is 0 Å². The predicted molar refractivity (Wildman–Crippen MR) is 120 cm³/mol. The third-order valence-corrected chi connectivity index (χ3v) is 5.34. The first-order chi connectivity index (χ1) is 14.9. The lowest BCUT2D eigenvalue weighted by molar-refractivity contribution is -0.114. The summed E-state index contributed by atoms with van der Waals surface area (Å²) in [6.07, 6.45) is 0. The standard InChI is InChI=1S/C20H20N4O5S2/c1-27-14-8-9-16(28-2)15(10-14)24(19-22-23-20(30)31-19)11-17(25)21-13-6-4-12(5-7-13)18(26)29-3/h4-10H,11H2,1-3H3,(H,21,25)(H,23,30). The van der Waals surface area contributed by atoms with Gasteiger partial charge in [0.25, 0.3) is 0 Å². The molecule has 162 valence electrons. The summed E-state index contributed by atoms with van der Waals surface area (Å²) < 4.78 is 15.9. The van der Waals surface area contributed by atoms with Gasteiger partial charge in [0, 0.05) is 11.8 Å². The number of aromatic nitrogens is 2. The fourth-order valence-corrected chi connectivity index (χ4v) is 3.64. The molecule has 1 aromatic heterocycles. The number of hydrogen-bond acceptors (Lipinski definition) is 9. The van der Waals surface area contributed by atoms with Crippen molar-refractivity contribution in [3.8, 4) is 11.5 Å². The van der Waals surface area contributed by atoms with Gasteiger partial charge in [-0.3, -0.25) is 9.89 Å². The Balaban J connectivity index is 1.87. The maximum atomic E-state index is 12.8. The number of carbonyl (C=O) groups is 2. The van der Waals surface area contributed by atoms with Gasteiger partial charge in [0.15, 0.2) is 3.95 Å². The highest BCUT2D eigenvalue weighted by Gasteiger charge is 2.21. The van der Waals surface area contributed by atoms with Crippen LogP contribution < -0.4 is 19.7 Å². The van der Waals surface area contributed by atoms with E-state index < -0.39 is 5.97 Å². The molecule has 0 aliphatic carbocycles. The normalized spacial score (nSPS) is 10.3. The Hall–Kier alpha value is -3.44. The fraction of sp³-hybridized carbons (Fsp3) is 0.200. The second-order valence-corrected chi connectivity index (χ2v) is 7.78. The Bertz CT molecular complexity index is 1130. The van der Waals surface area contributed by atoms with Gasteiger partial charge < -0.3 is 24.4 Å². The van der Waals surface area contributed by atoms with E-state index >= 15 is 0 Å². The zero-order chi connectivity index (χ0) is 22.4. The molecule has 0 radical (unpaired) electrons. The van der Waals surface area contributed by atoms with E-state index in [1.165, 1.54) is 18.4 Å². The van der Waals surface area contributed by atoms with E-state index in [-0.39, 0.29) is 12.5 Å². The smallest absolute Gasteiger partial charge is 0.337 e. The molecular formula is C20H20N4O5S2. The molecule has 31 heavy (non-hydrogen) atoms. The molecule has 0 bridgehead atoms. The Morgan fingerprint density at radius 2 is 1.87 bits per heavy atom. The van der Waals surface area contributed by atoms with E-state index in [1.54, 1.807) is 61.6 Å². The topological polar surface area (TPSA) is 106 Å². The number of nitrogens with zero attached hydrogens (tertiary/aromatic N) is 2. The van der Waals surface area contributed by atoms with Crippen LogP contribution in [0.15, 0.2) is 42.5 Å². The molecule has 1 heterocycles. The van der Waals surface area contributed by atoms with Crippen LogP contribution in [0.1, 0.15) is 10.4 Å². The van der Waals surface area contributed by atoms with Crippen molar-refractivity contribution in [1.29, 1.82) is 0 Å². The third kappa shape index (κ3) is 5.38. The molecule has 0 unspecified atom stereocenters. The van der Waals surface area contributed by atoms with Crippen molar-refractivity contribution in [3.63, 3.8) is 0 Å². The molecule has 3 rings (SSSR count). The molecule has 0 atom stereocenters. The molecule has 0 fully saturated rings. The van der Waals surface area contributed by atoms with Gasteiger partial charge in [0.2, 0.25) is 11.0 Å². The number of aromatic amines is 1. The Morgan fingerprint density at radius 1 is 1.13 bits per heavy atom. The van der Waals surface area contributed by atoms with Crippen molar-refractivity contribution in [2.24, 2.45) is 0 Å². The lowest BCUT2D eigenvalue weighted by atomic mass is 10.2. The van der Waals surface area contributed by atoms with Crippen molar-refractivity contribution in [3.05, 3.63) is 52.0 Å². The second-order valence-electron chi connectivity index (χ2n) is 6.14. The number of benzene rings is 2. The van der Waals surface area contributed by atoms with Crippen molar-refractivity contribution >= 4 is 51.9 Å². The SMILES string of the molecule is COC(=O)c1ccc(NC(=O)CN(c2n[nH]c(=S)s2)c2cc(OC)ccc2OC)cc1. The summed E-state index contributed by atoms with van der Waals surface area (Å²) in [5.74, 6) is 0.376. The summed E-state index contributed by atoms with van der Waals surface area (Å²) in [5, 5.41) is 10.2. The van der Waals surface area contributed by atoms with Crippen LogP contribution in [0.5, 0.6) is 11.5 Å². The second kappa shape index (κ2) is 10.0. The number of methoxy groups -OCH3 is 3. The molecule has 3 aromatic rings. The first-order valence-electron chi connectivity index (χ1n) is 8.98. The molecule has 1 amide bonds. The first-order valence-corrected chi connectivity index (χ1v) is 10.2. The number of amides is 1. The van der Waals surface area contributed by atoms with Crippen molar-refractivity contribution in [1.82, 2.24) is 10.2 Å². The van der Waals surface area contributed by atoms with Gasteiger partial charge in [-0.1, -0.05) is 11.3 Å². The molecule has 0 saturated carbocycles. The molecule has 2 N–H and O–H groups in total. The van der Waals surface area contributed by atoms with Crippen LogP contribution in [0, 0.1) is 3.95 Å². The van der Waals surface area contributed by atoms with Gasteiger partial charge in [-0.15, -0.1) is 5.10 Å². The van der Waals surface area contributed by atoms with Crippen LogP contribution in [-0.4, -0.2) is 49.9 Å². The zero-order valence-corrected chi connectivity index (χ0v) is 18.6. The summed E-state index contributed by atoms with van der Waals surface area (Å²) in [6, 6.07) is 11.7. The number of rotatable bonds is 8. The lowest BCUT2D eigenvalue weighted by Crippen LogP contribution is -2.30. The van der Waals surface area contributed by atoms with Crippen molar-refractivity contribution in [2.45, 2.75) is 0 Å². The van der Waals surface area contributed by atoms with Crippen LogP contribution in [-0.2, 0) is 9.53 Å². The van der Waals surface area contributed by atoms with E-state index in [9.17, 15) is 9.59 Å². The minimum atomic E-state index is -0.450. The highest BCUT2D eigenvalue weighted by Crippen LogP contribution is 2.37. The van der Waals surface area contributed by atoms with E-state index in [2.05, 4.69) is 20.3 Å². The summed E-state index contributed by atoms with van der Waals surface area (Å²) in [4.78, 5) is 26.1. The number of nitrogens with one attached hydrogen (secondary N) is 2. The predicted octanol–water partition coefficient (Wildman–Crippen LogP) is 3.78. The minimum absolute atomic E-state index is 0.0710. The average molecular weight is 461 g/mol.